The summed E-state index contributed by atoms with van der Waals surface area (Å²) in [4.78, 5) is 2.31. The number of para-hydroxylation sites is 2. The van der Waals surface area contributed by atoms with E-state index in [4.69, 9.17) is 0 Å². The van der Waals surface area contributed by atoms with E-state index in [1.165, 1.54) is 22.3 Å². The Kier molecular flexibility index (Phi) is 4.37. The number of hydrogen-bond donors (Lipinski definition) is 1. The fourth-order valence-electron chi connectivity index (χ4n) is 6.32. The first-order valence-corrected chi connectivity index (χ1v) is 12.5. The zero-order valence-electron chi connectivity index (χ0n) is 20.4. The SMILES string of the molecule is CC1(C)c2ccccc2-c2ccc(N3c4ccccc4C(O)(c4ccccc4)c4ccccc43)cc21. The van der Waals surface area contributed by atoms with Crippen LogP contribution in [0.15, 0.2) is 121 Å². The Bertz CT molecular complexity index is 1590. The minimum atomic E-state index is -1.24. The Morgan fingerprint density at radius 2 is 1.06 bits per heavy atom. The summed E-state index contributed by atoms with van der Waals surface area (Å²) in [5.41, 5.74) is 9.75. The Morgan fingerprint density at radius 3 is 1.72 bits per heavy atom. The molecule has 0 radical (unpaired) electrons. The van der Waals surface area contributed by atoms with E-state index in [9.17, 15) is 5.11 Å². The summed E-state index contributed by atoms with van der Waals surface area (Å²) >= 11 is 0. The molecule has 0 spiro atoms. The van der Waals surface area contributed by atoms with Crippen LogP contribution < -0.4 is 4.90 Å². The zero-order valence-corrected chi connectivity index (χ0v) is 20.4. The number of benzene rings is 5. The molecule has 1 N–H and O–H groups in total. The number of nitrogens with zero attached hydrogens (tertiary/aromatic N) is 1. The molecule has 0 bridgehead atoms. The Balaban J connectivity index is 1.48. The van der Waals surface area contributed by atoms with Crippen molar-refractivity contribution in [2.75, 3.05) is 4.90 Å². The lowest BCUT2D eigenvalue weighted by Crippen LogP contribution is -2.36. The van der Waals surface area contributed by atoms with Crippen molar-refractivity contribution in [1.82, 2.24) is 0 Å². The van der Waals surface area contributed by atoms with Gasteiger partial charge in [-0.2, -0.15) is 0 Å². The maximum Gasteiger partial charge on any atom is 0.144 e. The molecule has 0 saturated carbocycles. The number of rotatable bonds is 2. The molecule has 36 heavy (non-hydrogen) atoms. The first-order valence-electron chi connectivity index (χ1n) is 12.5. The number of fused-ring (bicyclic) bond motifs is 5. The summed E-state index contributed by atoms with van der Waals surface area (Å²) in [5.74, 6) is 0. The maximum atomic E-state index is 12.4. The molecule has 5 aromatic rings. The van der Waals surface area contributed by atoms with Gasteiger partial charge in [0.25, 0.3) is 0 Å². The molecule has 1 aliphatic carbocycles. The highest BCUT2D eigenvalue weighted by Gasteiger charge is 2.44. The number of anilines is 3. The van der Waals surface area contributed by atoms with Crippen molar-refractivity contribution in [1.29, 1.82) is 0 Å². The van der Waals surface area contributed by atoms with E-state index >= 15 is 0 Å². The second-order valence-electron chi connectivity index (χ2n) is 10.3. The molecule has 1 aliphatic heterocycles. The maximum absolute atomic E-state index is 12.4. The van der Waals surface area contributed by atoms with Crippen LogP contribution in [-0.2, 0) is 11.0 Å². The van der Waals surface area contributed by atoms with Gasteiger partial charge in [-0.15, -0.1) is 0 Å². The molecular weight excluding hydrogens is 438 g/mol. The molecule has 1 heterocycles. The minimum Gasteiger partial charge on any atom is -0.376 e. The second-order valence-corrected chi connectivity index (χ2v) is 10.3. The van der Waals surface area contributed by atoms with Crippen molar-refractivity contribution in [2.45, 2.75) is 24.9 Å². The van der Waals surface area contributed by atoms with E-state index in [0.29, 0.717) is 0 Å². The van der Waals surface area contributed by atoms with Gasteiger partial charge in [-0.05, 0) is 52.1 Å². The summed E-state index contributed by atoms with van der Waals surface area (Å²) < 4.78 is 0. The Morgan fingerprint density at radius 1 is 0.528 bits per heavy atom. The van der Waals surface area contributed by atoms with E-state index in [2.05, 4.69) is 97.6 Å². The van der Waals surface area contributed by atoms with Gasteiger partial charge in [0, 0.05) is 22.2 Å². The monoisotopic (exact) mass is 465 g/mol. The molecular formula is C34H27NO. The summed E-state index contributed by atoms with van der Waals surface area (Å²) in [6, 6.07) is 42.0. The number of aliphatic hydroxyl groups is 1. The second kappa shape index (κ2) is 7.43. The molecule has 0 amide bonds. The van der Waals surface area contributed by atoms with Gasteiger partial charge in [-0.3, -0.25) is 0 Å². The lowest BCUT2D eigenvalue weighted by atomic mass is 9.76. The van der Waals surface area contributed by atoms with E-state index in [-0.39, 0.29) is 5.41 Å². The normalized spacial score (nSPS) is 16.0. The van der Waals surface area contributed by atoms with Gasteiger partial charge in [0.2, 0.25) is 0 Å². The van der Waals surface area contributed by atoms with Crippen molar-refractivity contribution in [3.8, 4) is 11.1 Å². The van der Waals surface area contributed by atoms with Crippen LogP contribution in [0, 0.1) is 0 Å². The highest BCUT2D eigenvalue weighted by atomic mass is 16.3. The molecule has 0 unspecified atom stereocenters. The third-order valence-electron chi connectivity index (χ3n) is 8.09. The van der Waals surface area contributed by atoms with Crippen LogP contribution in [0.2, 0.25) is 0 Å². The first kappa shape index (κ1) is 21.2. The van der Waals surface area contributed by atoms with Crippen LogP contribution in [0.1, 0.15) is 41.7 Å². The predicted octanol–water partition coefficient (Wildman–Crippen LogP) is 8.06. The Hall–Kier alpha value is -4.14. The lowest BCUT2D eigenvalue weighted by molar-refractivity contribution is 0.125. The van der Waals surface area contributed by atoms with Crippen molar-refractivity contribution >= 4 is 17.1 Å². The molecule has 2 heteroatoms. The van der Waals surface area contributed by atoms with Crippen LogP contribution in [0.25, 0.3) is 11.1 Å². The summed E-state index contributed by atoms with van der Waals surface area (Å²) in [6.07, 6.45) is 0. The van der Waals surface area contributed by atoms with E-state index in [0.717, 1.165) is 33.8 Å². The van der Waals surface area contributed by atoms with E-state index in [1.807, 2.05) is 42.5 Å². The first-order chi connectivity index (χ1) is 17.5. The predicted molar refractivity (Wildman–Crippen MR) is 147 cm³/mol. The van der Waals surface area contributed by atoms with Crippen molar-refractivity contribution < 1.29 is 5.11 Å². The highest BCUT2D eigenvalue weighted by molar-refractivity contribution is 5.89. The van der Waals surface area contributed by atoms with Crippen LogP contribution >= 0.6 is 0 Å². The van der Waals surface area contributed by atoms with Crippen molar-refractivity contribution in [3.63, 3.8) is 0 Å². The average Bonchev–Trinajstić information content (AvgIpc) is 3.16. The topological polar surface area (TPSA) is 23.5 Å². The van der Waals surface area contributed by atoms with Crippen LogP contribution in [0.4, 0.5) is 17.1 Å². The minimum absolute atomic E-state index is 0.0818. The molecule has 2 nitrogen and oxygen atoms in total. The molecule has 0 atom stereocenters. The third-order valence-corrected chi connectivity index (χ3v) is 8.09. The van der Waals surface area contributed by atoms with Gasteiger partial charge in [0.05, 0.1) is 11.4 Å². The Labute approximate surface area is 212 Å². The van der Waals surface area contributed by atoms with Crippen LogP contribution in [-0.4, -0.2) is 5.11 Å². The lowest BCUT2D eigenvalue weighted by Gasteiger charge is -2.43. The summed E-state index contributed by atoms with van der Waals surface area (Å²) in [5, 5.41) is 12.4. The molecule has 0 saturated heterocycles. The zero-order chi connectivity index (χ0) is 24.5. The molecule has 0 aromatic heterocycles. The summed E-state index contributed by atoms with van der Waals surface area (Å²) in [7, 11) is 0. The van der Waals surface area contributed by atoms with Gasteiger partial charge >= 0.3 is 0 Å². The summed E-state index contributed by atoms with van der Waals surface area (Å²) in [6.45, 7) is 4.63. The molecule has 0 fully saturated rings. The van der Waals surface area contributed by atoms with Gasteiger partial charge in [-0.1, -0.05) is 111 Å². The van der Waals surface area contributed by atoms with Crippen LogP contribution in [0.5, 0.6) is 0 Å². The number of hydrogen-bond acceptors (Lipinski definition) is 2. The quantitative estimate of drug-likeness (QED) is 0.285. The van der Waals surface area contributed by atoms with Gasteiger partial charge < -0.3 is 10.0 Å². The third kappa shape index (κ3) is 2.71. The smallest absolute Gasteiger partial charge is 0.144 e. The van der Waals surface area contributed by atoms with E-state index in [1.54, 1.807) is 0 Å². The largest absolute Gasteiger partial charge is 0.376 e. The highest BCUT2D eigenvalue weighted by Crippen LogP contribution is 2.55. The van der Waals surface area contributed by atoms with Gasteiger partial charge in [0.15, 0.2) is 0 Å². The average molecular weight is 466 g/mol. The van der Waals surface area contributed by atoms with Gasteiger partial charge in [0.1, 0.15) is 5.60 Å². The standard InChI is InChI=1S/C34H27NO/c1-33(2)27-15-7-6-14-25(27)26-21-20-24(22-30(26)33)35-31-18-10-8-16-28(31)34(36,23-12-4-3-5-13-23)29-17-9-11-19-32(29)35/h3-22,36H,1-2H3. The van der Waals surface area contributed by atoms with Crippen LogP contribution in [0.3, 0.4) is 0 Å². The molecule has 174 valence electrons. The fourth-order valence-corrected chi connectivity index (χ4v) is 6.32. The molecule has 5 aromatic carbocycles. The van der Waals surface area contributed by atoms with Gasteiger partial charge in [-0.25, -0.2) is 0 Å². The fraction of sp³-hybridized carbons (Fsp3) is 0.118. The molecule has 2 aliphatic rings. The molecule has 7 rings (SSSR count). The van der Waals surface area contributed by atoms with Crippen molar-refractivity contribution in [2.24, 2.45) is 0 Å². The van der Waals surface area contributed by atoms with E-state index < -0.39 is 5.60 Å². The van der Waals surface area contributed by atoms with Crippen molar-refractivity contribution in [3.05, 3.63) is 149 Å².